The molecule has 2 aromatic rings. The maximum Gasteiger partial charge on any atom is 0.252 e. The van der Waals surface area contributed by atoms with Gasteiger partial charge in [0.05, 0.1) is 0 Å². The van der Waals surface area contributed by atoms with E-state index in [4.69, 9.17) is 0 Å². The molecule has 5 heteroatoms. The van der Waals surface area contributed by atoms with Gasteiger partial charge in [0.2, 0.25) is 0 Å². The Kier molecular flexibility index (Phi) is 4.39. The summed E-state index contributed by atoms with van der Waals surface area (Å²) in [7, 11) is -3.38. The third-order valence-electron chi connectivity index (χ3n) is 2.86. The maximum atomic E-state index is 12.5. The molecule has 1 aromatic heterocycles. The van der Waals surface area contributed by atoms with Crippen molar-refractivity contribution in [1.29, 1.82) is 0 Å². The van der Waals surface area contributed by atoms with Gasteiger partial charge in [-0.15, -0.1) is 11.3 Å². The summed E-state index contributed by atoms with van der Waals surface area (Å²) < 4.78 is 27.0. The van der Waals surface area contributed by atoms with Gasteiger partial charge in [0, 0.05) is 18.0 Å². The molecule has 0 spiro atoms. The van der Waals surface area contributed by atoms with E-state index in [0.717, 1.165) is 10.4 Å². The predicted molar refractivity (Wildman–Crippen MR) is 78.8 cm³/mol. The highest BCUT2D eigenvalue weighted by molar-refractivity contribution is 7.91. The van der Waals surface area contributed by atoms with Crippen molar-refractivity contribution < 1.29 is 8.42 Å². The van der Waals surface area contributed by atoms with Crippen LogP contribution in [0.4, 0.5) is 0 Å². The number of sulfonamides is 1. The molecule has 0 N–H and O–H groups in total. The molecule has 0 saturated heterocycles. The average molecular weight is 295 g/mol. The second-order valence-electron chi connectivity index (χ2n) is 4.28. The predicted octanol–water partition coefficient (Wildman–Crippen LogP) is 3.27. The van der Waals surface area contributed by atoms with Gasteiger partial charge in [0.25, 0.3) is 10.0 Å². The van der Waals surface area contributed by atoms with Crippen LogP contribution in [-0.4, -0.2) is 19.3 Å². The minimum atomic E-state index is -3.38. The highest BCUT2D eigenvalue weighted by atomic mass is 32.2. The number of hydrogen-bond donors (Lipinski definition) is 0. The van der Waals surface area contributed by atoms with E-state index in [1.807, 2.05) is 50.2 Å². The van der Waals surface area contributed by atoms with Gasteiger partial charge in [0.15, 0.2) is 0 Å². The fraction of sp³-hybridized carbons (Fsp3) is 0.286. The molecule has 0 unspecified atom stereocenters. The zero-order chi connectivity index (χ0) is 13.9. The van der Waals surface area contributed by atoms with Gasteiger partial charge in [-0.3, -0.25) is 0 Å². The standard InChI is InChI=1S/C14H17NO2S2/c1-3-15(11-13-7-5-4-6-8-13)19(16,17)14-10-9-12(2)18-14/h4-10H,3,11H2,1-2H3. The summed E-state index contributed by atoms with van der Waals surface area (Å²) >= 11 is 1.32. The van der Waals surface area contributed by atoms with Crippen molar-refractivity contribution in [2.75, 3.05) is 6.54 Å². The van der Waals surface area contributed by atoms with E-state index < -0.39 is 10.0 Å². The summed E-state index contributed by atoms with van der Waals surface area (Å²) in [4.78, 5) is 1.01. The second-order valence-corrected chi connectivity index (χ2v) is 7.73. The fourth-order valence-electron chi connectivity index (χ4n) is 1.83. The molecule has 0 aliphatic rings. The molecule has 0 saturated carbocycles. The number of thiophene rings is 1. The van der Waals surface area contributed by atoms with Crippen LogP contribution in [-0.2, 0) is 16.6 Å². The van der Waals surface area contributed by atoms with Crippen molar-refractivity contribution in [2.24, 2.45) is 0 Å². The summed E-state index contributed by atoms with van der Waals surface area (Å²) in [6, 6.07) is 13.2. The summed E-state index contributed by atoms with van der Waals surface area (Å²) in [5, 5.41) is 0. The third kappa shape index (κ3) is 3.23. The van der Waals surface area contributed by atoms with Crippen LogP contribution in [0, 0.1) is 6.92 Å². The molecule has 1 heterocycles. The molecule has 0 fully saturated rings. The molecule has 3 nitrogen and oxygen atoms in total. The highest BCUT2D eigenvalue weighted by Gasteiger charge is 2.24. The van der Waals surface area contributed by atoms with E-state index in [9.17, 15) is 8.42 Å². The molecule has 0 amide bonds. The van der Waals surface area contributed by atoms with Crippen LogP contribution in [0.15, 0.2) is 46.7 Å². The lowest BCUT2D eigenvalue weighted by atomic mass is 10.2. The first kappa shape index (κ1) is 14.2. The Morgan fingerprint density at radius 1 is 1.11 bits per heavy atom. The lowest BCUT2D eigenvalue weighted by Gasteiger charge is -2.19. The first-order valence-corrected chi connectivity index (χ1v) is 8.40. The Bertz CT molecular complexity index is 632. The topological polar surface area (TPSA) is 37.4 Å². The van der Waals surface area contributed by atoms with E-state index in [0.29, 0.717) is 17.3 Å². The van der Waals surface area contributed by atoms with Crippen molar-refractivity contribution in [1.82, 2.24) is 4.31 Å². The Labute approximate surface area is 118 Å². The zero-order valence-electron chi connectivity index (χ0n) is 11.0. The van der Waals surface area contributed by atoms with Crippen LogP contribution in [0.1, 0.15) is 17.4 Å². The van der Waals surface area contributed by atoms with Crippen molar-refractivity contribution >= 4 is 21.4 Å². The molecule has 2 rings (SSSR count). The third-order valence-corrected chi connectivity index (χ3v) is 6.25. The number of hydrogen-bond acceptors (Lipinski definition) is 3. The molecular weight excluding hydrogens is 278 g/mol. The summed E-state index contributed by atoms with van der Waals surface area (Å²) in [5.74, 6) is 0. The van der Waals surface area contributed by atoms with E-state index in [1.165, 1.54) is 15.6 Å². The van der Waals surface area contributed by atoms with Crippen molar-refractivity contribution in [3.8, 4) is 0 Å². The lowest BCUT2D eigenvalue weighted by molar-refractivity contribution is 0.425. The first-order chi connectivity index (χ1) is 9.04. The fourth-order valence-corrected chi connectivity index (χ4v) is 4.71. The number of rotatable bonds is 5. The van der Waals surface area contributed by atoms with Crippen LogP contribution < -0.4 is 0 Å². The summed E-state index contributed by atoms with van der Waals surface area (Å²) in [6.07, 6.45) is 0. The highest BCUT2D eigenvalue weighted by Crippen LogP contribution is 2.25. The molecule has 102 valence electrons. The quantitative estimate of drug-likeness (QED) is 0.849. The number of nitrogens with zero attached hydrogens (tertiary/aromatic N) is 1. The largest absolute Gasteiger partial charge is 0.252 e. The van der Waals surface area contributed by atoms with Crippen LogP contribution in [0.3, 0.4) is 0 Å². The smallest absolute Gasteiger partial charge is 0.206 e. The van der Waals surface area contributed by atoms with Gasteiger partial charge in [0.1, 0.15) is 4.21 Å². The Balaban J connectivity index is 2.27. The number of benzene rings is 1. The second kappa shape index (κ2) is 5.86. The minimum absolute atomic E-state index is 0.413. The molecule has 1 aromatic carbocycles. The Hall–Kier alpha value is -1.17. The van der Waals surface area contributed by atoms with Crippen molar-refractivity contribution in [3.05, 3.63) is 52.9 Å². The Morgan fingerprint density at radius 3 is 2.32 bits per heavy atom. The molecule has 0 aliphatic carbocycles. The van der Waals surface area contributed by atoms with Gasteiger partial charge in [-0.1, -0.05) is 37.3 Å². The lowest BCUT2D eigenvalue weighted by Crippen LogP contribution is -2.29. The van der Waals surface area contributed by atoms with Gasteiger partial charge in [-0.05, 0) is 24.6 Å². The van der Waals surface area contributed by atoms with Crippen LogP contribution in [0.25, 0.3) is 0 Å². The van der Waals surface area contributed by atoms with Crippen LogP contribution in [0.2, 0.25) is 0 Å². The minimum Gasteiger partial charge on any atom is -0.206 e. The molecule has 0 atom stereocenters. The van der Waals surface area contributed by atoms with Gasteiger partial charge >= 0.3 is 0 Å². The molecule has 0 aliphatic heterocycles. The van der Waals surface area contributed by atoms with E-state index >= 15 is 0 Å². The summed E-state index contributed by atoms with van der Waals surface area (Å²) in [5.41, 5.74) is 1.00. The van der Waals surface area contributed by atoms with Crippen LogP contribution >= 0.6 is 11.3 Å². The normalized spacial score (nSPS) is 11.9. The molecular formula is C14H17NO2S2. The van der Waals surface area contributed by atoms with Crippen molar-refractivity contribution in [3.63, 3.8) is 0 Å². The van der Waals surface area contributed by atoms with Gasteiger partial charge in [-0.2, -0.15) is 4.31 Å². The van der Waals surface area contributed by atoms with E-state index in [1.54, 1.807) is 6.07 Å². The van der Waals surface area contributed by atoms with Crippen molar-refractivity contribution in [2.45, 2.75) is 24.6 Å². The van der Waals surface area contributed by atoms with E-state index in [-0.39, 0.29) is 0 Å². The van der Waals surface area contributed by atoms with E-state index in [2.05, 4.69) is 0 Å². The first-order valence-electron chi connectivity index (χ1n) is 6.14. The average Bonchev–Trinajstić information content (AvgIpc) is 2.84. The van der Waals surface area contributed by atoms with Crippen LogP contribution in [0.5, 0.6) is 0 Å². The van der Waals surface area contributed by atoms with Gasteiger partial charge in [-0.25, -0.2) is 8.42 Å². The zero-order valence-corrected chi connectivity index (χ0v) is 12.7. The Morgan fingerprint density at radius 2 is 1.79 bits per heavy atom. The number of aryl methyl sites for hydroxylation is 1. The maximum absolute atomic E-state index is 12.5. The van der Waals surface area contributed by atoms with Gasteiger partial charge < -0.3 is 0 Å². The monoisotopic (exact) mass is 295 g/mol. The summed E-state index contributed by atoms with van der Waals surface area (Å²) in [6.45, 7) is 4.66. The molecule has 0 bridgehead atoms. The molecule has 0 radical (unpaired) electrons. The molecule has 19 heavy (non-hydrogen) atoms. The SMILES string of the molecule is CCN(Cc1ccccc1)S(=O)(=O)c1ccc(C)s1.